The summed E-state index contributed by atoms with van der Waals surface area (Å²) in [6.45, 7) is 0. The van der Waals surface area contributed by atoms with Crippen molar-refractivity contribution in [2.45, 2.75) is 44.3 Å². The third-order valence-corrected chi connectivity index (χ3v) is 5.55. The number of alkyl halides is 3. The smallest absolute Gasteiger partial charge is 0.339 e. The van der Waals surface area contributed by atoms with Crippen molar-refractivity contribution in [1.29, 1.82) is 0 Å². The van der Waals surface area contributed by atoms with Crippen LogP contribution in [0.2, 0.25) is 0 Å². The molecule has 0 radical (unpaired) electrons. The predicted octanol–water partition coefficient (Wildman–Crippen LogP) is 4.96. The lowest BCUT2D eigenvalue weighted by Crippen LogP contribution is -2.29. The van der Waals surface area contributed by atoms with Gasteiger partial charge in [-0.25, -0.2) is 0 Å². The Bertz CT molecular complexity index is 846. The molecule has 2 amide bonds. The Balaban J connectivity index is 1.70. The number of aryl methyl sites for hydroxylation is 1. The average Bonchev–Trinajstić information content (AvgIpc) is 3.36. The first-order valence-corrected chi connectivity index (χ1v) is 9.93. The molecular formula is C20H21F3N2O2S. The normalized spacial score (nSPS) is 14.0. The fourth-order valence-electron chi connectivity index (χ4n) is 2.92. The van der Waals surface area contributed by atoms with E-state index in [9.17, 15) is 22.8 Å². The van der Waals surface area contributed by atoms with Gasteiger partial charge in [0.25, 0.3) is 5.91 Å². The van der Waals surface area contributed by atoms with E-state index in [4.69, 9.17) is 0 Å². The Morgan fingerprint density at radius 3 is 2.61 bits per heavy atom. The van der Waals surface area contributed by atoms with Crippen LogP contribution in [0.1, 0.15) is 46.5 Å². The third-order valence-electron chi connectivity index (χ3n) is 4.61. The van der Waals surface area contributed by atoms with Gasteiger partial charge in [-0.1, -0.05) is 6.07 Å². The van der Waals surface area contributed by atoms with Crippen molar-refractivity contribution >= 4 is 28.8 Å². The molecule has 3 rings (SSSR count). The first-order valence-electron chi connectivity index (χ1n) is 9.06. The maximum atomic E-state index is 13.2. The van der Waals surface area contributed by atoms with Crippen LogP contribution in [0, 0.1) is 0 Å². The summed E-state index contributed by atoms with van der Waals surface area (Å²) >= 11 is 1.60. The highest BCUT2D eigenvalue weighted by Gasteiger charge is 2.34. The van der Waals surface area contributed by atoms with Crippen LogP contribution in [0.4, 0.5) is 18.9 Å². The molecule has 0 atom stereocenters. The summed E-state index contributed by atoms with van der Waals surface area (Å²) in [6.07, 6.45) is -1.36. The molecule has 1 heterocycles. The Morgan fingerprint density at radius 1 is 1.25 bits per heavy atom. The first-order chi connectivity index (χ1) is 13.2. The lowest BCUT2D eigenvalue weighted by molar-refractivity contribution is -0.137. The van der Waals surface area contributed by atoms with Gasteiger partial charge in [0.05, 0.1) is 5.56 Å². The van der Waals surface area contributed by atoms with E-state index >= 15 is 0 Å². The van der Waals surface area contributed by atoms with Gasteiger partial charge in [-0.2, -0.15) is 13.2 Å². The molecule has 1 fully saturated rings. The zero-order chi connectivity index (χ0) is 20.3. The van der Waals surface area contributed by atoms with Gasteiger partial charge in [0.2, 0.25) is 5.91 Å². The van der Waals surface area contributed by atoms with Crippen molar-refractivity contribution in [3.8, 4) is 0 Å². The highest BCUT2D eigenvalue weighted by atomic mass is 32.1. The monoisotopic (exact) mass is 410 g/mol. The van der Waals surface area contributed by atoms with Gasteiger partial charge in [-0.15, -0.1) is 11.3 Å². The second kappa shape index (κ2) is 8.34. The van der Waals surface area contributed by atoms with Crippen molar-refractivity contribution < 1.29 is 22.8 Å². The number of thiophene rings is 1. The molecule has 0 bridgehead atoms. The van der Waals surface area contributed by atoms with Crippen LogP contribution in [0.3, 0.4) is 0 Å². The Kier molecular flexibility index (Phi) is 6.07. The molecule has 28 heavy (non-hydrogen) atoms. The topological polar surface area (TPSA) is 49.4 Å². The molecule has 2 aromatic rings. The number of amides is 2. The summed E-state index contributed by atoms with van der Waals surface area (Å²) < 4.78 is 39.7. The van der Waals surface area contributed by atoms with Crippen LogP contribution in [0.5, 0.6) is 0 Å². The molecule has 1 N–H and O–H groups in total. The number of hydrogen-bond donors (Lipinski definition) is 1. The molecule has 1 saturated carbocycles. The Hall–Kier alpha value is -2.35. The lowest BCUT2D eigenvalue weighted by Gasteiger charge is -2.18. The lowest BCUT2D eigenvalue weighted by atomic mass is 10.1. The van der Waals surface area contributed by atoms with E-state index < -0.39 is 17.6 Å². The maximum Gasteiger partial charge on any atom is 0.416 e. The Labute approximate surface area is 165 Å². The summed E-state index contributed by atoms with van der Waals surface area (Å²) in [7, 11) is 1.59. The van der Waals surface area contributed by atoms with E-state index in [1.54, 1.807) is 18.4 Å². The summed E-state index contributed by atoms with van der Waals surface area (Å²) in [5.74, 6) is -0.841. The fraction of sp³-hybridized carbons (Fsp3) is 0.400. The van der Waals surface area contributed by atoms with E-state index in [0.717, 1.165) is 36.3 Å². The van der Waals surface area contributed by atoms with Crippen molar-refractivity contribution in [2.75, 3.05) is 12.4 Å². The fourth-order valence-corrected chi connectivity index (χ4v) is 3.67. The van der Waals surface area contributed by atoms with Crippen LogP contribution in [0.15, 0.2) is 35.7 Å². The van der Waals surface area contributed by atoms with Crippen molar-refractivity contribution in [2.24, 2.45) is 0 Å². The number of carbonyl (C=O) groups excluding carboxylic acids is 2. The highest BCUT2D eigenvalue weighted by Crippen LogP contribution is 2.33. The van der Waals surface area contributed by atoms with Gasteiger partial charge in [0.15, 0.2) is 0 Å². The van der Waals surface area contributed by atoms with Crippen LogP contribution < -0.4 is 5.32 Å². The molecule has 1 aliphatic carbocycles. The summed E-state index contributed by atoms with van der Waals surface area (Å²) in [4.78, 5) is 27.3. The molecule has 1 aliphatic rings. The maximum absolute atomic E-state index is 13.2. The largest absolute Gasteiger partial charge is 0.416 e. The van der Waals surface area contributed by atoms with Crippen molar-refractivity contribution in [1.82, 2.24) is 4.90 Å². The molecule has 1 aromatic carbocycles. The van der Waals surface area contributed by atoms with Gasteiger partial charge in [-0.05, 0) is 55.3 Å². The molecule has 8 heteroatoms. The minimum atomic E-state index is -4.60. The van der Waals surface area contributed by atoms with Crippen molar-refractivity contribution in [3.63, 3.8) is 0 Å². The SMILES string of the molecule is CN(C(=O)c1cc(NC(=O)CCCc2cccs2)cc(C(F)(F)F)c1)C1CC1. The summed E-state index contributed by atoms with van der Waals surface area (Å²) in [5.41, 5.74) is -1.03. The number of halogens is 3. The highest BCUT2D eigenvalue weighted by molar-refractivity contribution is 7.09. The third kappa shape index (κ3) is 5.34. The number of benzene rings is 1. The number of carbonyl (C=O) groups is 2. The zero-order valence-electron chi connectivity index (χ0n) is 15.4. The number of anilines is 1. The first kappa shape index (κ1) is 20.4. The minimum absolute atomic E-state index is 0.0107. The zero-order valence-corrected chi connectivity index (χ0v) is 16.2. The number of rotatable bonds is 7. The molecule has 0 saturated heterocycles. The molecule has 0 unspecified atom stereocenters. The van der Waals surface area contributed by atoms with E-state index in [1.165, 1.54) is 11.0 Å². The van der Waals surface area contributed by atoms with Crippen molar-refractivity contribution in [3.05, 3.63) is 51.7 Å². The molecule has 150 valence electrons. The molecule has 4 nitrogen and oxygen atoms in total. The van der Waals surface area contributed by atoms with E-state index in [1.807, 2.05) is 17.5 Å². The number of hydrogen-bond acceptors (Lipinski definition) is 3. The van der Waals surface area contributed by atoms with Gasteiger partial charge in [0.1, 0.15) is 0 Å². The average molecular weight is 410 g/mol. The van der Waals surface area contributed by atoms with E-state index in [-0.39, 0.29) is 29.6 Å². The van der Waals surface area contributed by atoms with Crippen LogP contribution >= 0.6 is 11.3 Å². The summed E-state index contributed by atoms with van der Waals surface area (Å²) in [6, 6.07) is 7.01. The second-order valence-corrected chi connectivity index (χ2v) is 7.96. The van der Waals surface area contributed by atoms with E-state index in [2.05, 4.69) is 5.32 Å². The van der Waals surface area contributed by atoms with Crippen LogP contribution in [-0.4, -0.2) is 29.8 Å². The number of nitrogens with zero attached hydrogens (tertiary/aromatic N) is 1. The standard InChI is InChI=1S/C20H21F3N2O2S/c1-25(16-7-8-16)19(27)13-10-14(20(21,22)23)12-15(11-13)24-18(26)6-2-4-17-5-3-9-28-17/h3,5,9-12,16H,2,4,6-8H2,1H3,(H,24,26). The number of nitrogens with one attached hydrogen (secondary N) is 1. The van der Waals surface area contributed by atoms with Gasteiger partial charge >= 0.3 is 6.18 Å². The predicted molar refractivity (Wildman–Crippen MR) is 102 cm³/mol. The minimum Gasteiger partial charge on any atom is -0.339 e. The molecule has 0 spiro atoms. The van der Waals surface area contributed by atoms with Crippen LogP contribution in [-0.2, 0) is 17.4 Å². The van der Waals surface area contributed by atoms with Crippen LogP contribution in [0.25, 0.3) is 0 Å². The van der Waals surface area contributed by atoms with E-state index in [0.29, 0.717) is 6.42 Å². The van der Waals surface area contributed by atoms with Gasteiger partial charge in [0, 0.05) is 35.6 Å². The quantitative estimate of drug-likeness (QED) is 0.701. The van der Waals surface area contributed by atoms with Gasteiger partial charge < -0.3 is 10.2 Å². The van der Waals surface area contributed by atoms with Gasteiger partial charge in [-0.3, -0.25) is 9.59 Å². The molecular weight excluding hydrogens is 389 g/mol. The molecule has 1 aromatic heterocycles. The molecule has 0 aliphatic heterocycles. The summed E-state index contributed by atoms with van der Waals surface area (Å²) in [5, 5.41) is 4.46. The Morgan fingerprint density at radius 2 is 2.00 bits per heavy atom. The second-order valence-electron chi connectivity index (χ2n) is 6.93.